The number of benzene rings is 1. The van der Waals surface area contributed by atoms with Gasteiger partial charge in [0.2, 0.25) is 94.5 Å². The van der Waals surface area contributed by atoms with Crippen LogP contribution in [-0.4, -0.2) is 309 Å². The van der Waals surface area contributed by atoms with Gasteiger partial charge in [0.05, 0.1) is 31.3 Å². The van der Waals surface area contributed by atoms with Crippen LogP contribution in [0.3, 0.4) is 0 Å². The lowest BCUT2D eigenvalue weighted by Crippen LogP contribution is -2.64. The second-order valence-electron chi connectivity index (χ2n) is 33.6. The van der Waals surface area contributed by atoms with Crippen LogP contribution in [0, 0.1) is 17.8 Å². The van der Waals surface area contributed by atoms with Crippen molar-refractivity contribution in [1.29, 1.82) is 0 Å². The topological polar surface area (TPSA) is 810 Å². The predicted molar refractivity (Wildman–Crippen MR) is 483 cm³/mol. The highest BCUT2D eigenvalue weighted by atomic mass is 32.1. The quantitative estimate of drug-likeness (QED) is 0.0125. The first-order chi connectivity index (χ1) is 61.2. The molecule has 0 bridgehead atoms. The van der Waals surface area contributed by atoms with Gasteiger partial charge in [0, 0.05) is 36.4 Å². The number of thiol groups is 2. The number of carboxylic acids is 1. The first-order valence-electron chi connectivity index (χ1n) is 43.7. The Bertz CT molecular complexity index is 3960. The second-order valence-corrected chi connectivity index (χ2v) is 35.1. The summed E-state index contributed by atoms with van der Waals surface area (Å²) >= 11 is 8.83. The fourth-order valence-corrected chi connectivity index (χ4v) is 14.7. The van der Waals surface area contributed by atoms with Gasteiger partial charge in [-0.05, 0) is 153 Å². The number of aromatic hydroxyl groups is 1. The van der Waals surface area contributed by atoms with Gasteiger partial charge in [0.15, 0.2) is 5.96 Å². The van der Waals surface area contributed by atoms with Crippen molar-refractivity contribution in [1.82, 2.24) is 79.3 Å². The van der Waals surface area contributed by atoms with E-state index in [1.807, 2.05) is 0 Å². The van der Waals surface area contributed by atoms with Crippen LogP contribution in [0.4, 0.5) is 0 Å². The van der Waals surface area contributed by atoms with Gasteiger partial charge in [-0.2, -0.15) is 25.3 Å². The van der Waals surface area contributed by atoms with Crippen molar-refractivity contribution in [3.05, 3.63) is 29.8 Å². The Morgan fingerprint density at radius 2 is 0.931 bits per heavy atom. The number of nitrogens with two attached hydrogens (primary N) is 9. The van der Waals surface area contributed by atoms with E-state index in [0.29, 0.717) is 18.4 Å². The summed E-state index contributed by atoms with van der Waals surface area (Å²) < 4.78 is -1.48. The minimum atomic E-state index is -2.03. The van der Waals surface area contributed by atoms with Gasteiger partial charge in [-0.15, -0.1) is 0 Å². The molecule has 19 atom stereocenters. The van der Waals surface area contributed by atoms with Crippen molar-refractivity contribution in [2.75, 3.05) is 58.2 Å². The van der Waals surface area contributed by atoms with Crippen molar-refractivity contribution in [2.45, 2.75) is 284 Å². The zero-order valence-corrected chi connectivity index (χ0v) is 76.7. The number of nitrogens with one attached hydrogen (secondary N) is 14. The molecule has 130 heavy (non-hydrogen) atoms. The molecule has 3 rings (SSSR count). The standard InChI is InChI=1S/C81H141N25O22S2/c1-8-41(4)61(103-74(122)58-35-46(110)37-106(58)78(126)60(88)40(2)3)75(123)105-63(81(6,7)130)77(125)99-53(33-44-19-21-45(109)22-20-44)70(118)101-56(38-107)72(120)98-54(36-59(87)111)71(119)93-48(18-14-32-91-80(89)90)65(113)96-52(26-31-86)69(117)104-62(42(5)108)76(124)97-51(25-30-85)67(115)92-47(17-12-13-27-82)64(112)94-49(23-28-83)66(114)95-50(24-29-84)68(116)102-57(39-129)73(121)100-55(79(127)128)34-43-15-10-9-11-16-43/h19-22,40-43,46-58,60-63,107-110,129-130H,8-18,23-39,82-86,88H2,1-7H3,(H2,87,111)(H,92,115)(H,93,119)(H,94,112)(H,95,114)(H,96,113)(H,97,124)(H,98,120)(H,99,125)(H,100,121)(H,101,118)(H,102,116)(H,103,122)(H,104,117)(H,105,123)(H,127,128)(H4,89,90,91)/t41-,42+,46+,47-,48-,49-,50-,51+,52-,53-,54-,55-,56-,57-,58-,60-,61-,62-,63+/m0/s1. The zero-order valence-electron chi connectivity index (χ0n) is 74.9. The molecule has 1 aliphatic heterocycles. The minimum Gasteiger partial charge on any atom is -0.508 e. The molecule has 1 saturated carbocycles. The Hall–Kier alpha value is -10.4. The Labute approximate surface area is 766 Å². The fourth-order valence-electron chi connectivity index (χ4n) is 14.3. The lowest BCUT2D eigenvalue weighted by molar-refractivity contribution is -0.143. The van der Waals surface area contributed by atoms with Crippen LogP contribution >= 0.6 is 25.3 Å². The number of guanidine groups is 1. The van der Waals surface area contributed by atoms with Crippen molar-refractivity contribution in [3.8, 4) is 5.75 Å². The highest BCUT2D eigenvalue weighted by Crippen LogP contribution is 2.28. The van der Waals surface area contributed by atoms with Crippen molar-refractivity contribution in [3.63, 3.8) is 0 Å². The maximum atomic E-state index is 14.7. The number of hydrogen-bond donors (Lipinski definition) is 30. The van der Waals surface area contributed by atoms with Gasteiger partial charge in [0.25, 0.3) is 0 Å². The molecule has 1 heterocycles. The third-order valence-corrected chi connectivity index (χ3v) is 22.7. The Morgan fingerprint density at radius 1 is 0.515 bits per heavy atom. The first kappa shape index (κ1) is 114. The molecule has 37 N–H and O–H groups in total. The summed E-state index contributed by atoms with van der Waals surface area (Å²) in [7, 11) is 0. The van der Waals surface area contributed by atoms with E-state index >= 15 is 0 Å². The molecular formula is C81H141N25O22S2. The summed E-state index contributed by atoms with van der Waals surface area (Å²) in [6.45, 7) is 8.26. The molecule has 0 aromatic heterocycles. The maximum Gasteiger partial charge on any atom is 0.326 e. The van der Waals surface area contributed by atoms with Crippen molar-refractivity contribution in [2.24, 2.45) is 74.3 Å². The van der Waals surface area contributed by atoms with Crippen molar-refractivity contribution >= 4 is 132 Å². The molecule has 1 aliphatic carbocycles. The highest BCUT2D eigenvalue weighted by Gasteiger charge is 2.46. The molecule has 0 spiro atoms. The van der Waals surface area contributed by atoms with E-state index in [4.69, 9.17) is 51.6 Å². The number of phenolic OH excluding ortho intramolecular Hbond substituents is 1. The Morgan fingerprint density at radius 3 is 1.37 bits per heavy atom. The summed E-state index contributed by atoms with van der Waals surface area (Å²) in [6.07, 6.45) is -0.773. The van der Waals surface area contributed by atoms with E-state index in [9.17, 15) is 107 Å². The number of carbonyl (C=O) groups excluding carboxylic acids is 16. The van der Waals surface area contributed by atoms with Crippen LogP contribution in [0.25, 0.3) is 0 Å². The smallest absolute Gasteiger partial charge is 0.326 e. The SMILES string of the molecule is CC[C@H](C)[C@H](NC(=O)[C@@H]1C[C@@H](O)CN1C(=O)[C@@H](N)C(C)C)C(=O)N[C@H](C(=O)N[C@@H](Cc1ccc(O)cc1)C(=O)N[C@@H](CO)C(=O)N[C@@H](CC(N)=O)C(=O)N[C@@H](CCCN=C(N)N)C(=O)N[C@@H](CCN)C(=O)N[C@H](C(=O)N[C@H](CCN)C(=O)N[C@@H](CCCCN)C(=O)N[C@@H](CCN)C(=O)N[C@@H](CCN)C(=O)N[C@@H](CS)C(=O)N[C@@H](CC1CCCCC1)C(=O)O)[C@@H](C)O)C(C)(C)S. The molecule has 0 radical (unpaired) electrons. The molecule has 16 amide bonds. The number of primary amides is 1. The molecule has 1 saturated heterocycles. The van der Waals surface area contributed by atoms with Crippen LogP contribution in [-0.2, 0) is 87.9 Å². The number of amides is 16. The highest BCUT2D eigenvalue weighted by molar-refractivity contribution is 7.81. The Kier molecular flexibility index (Phi) is 50.5. The summed E-state index contributed by atoms with van der Waals surface area (Å²) in [6, 6.07) is -19.8. The van der Waals surface area contributed by atoms with Crippen LogP contribution in [0.5, 0.6) is 5.75 Å². The molecule has 2 fully saturated rings. The molecule has 1 aromatic rings. The molecule has 47 nitrogen and oxygen atoms in total. The summed E-state index contributed by atoms with van der Waals surface area (Å²) in [5.74, 6) is -19.6. The van der Waals surface area contributed by atoms with Crippen LogP contribution in [0.2, 0.25) is 0 Å². The number of aliphatic hydroxyl groups is 3. The van der Waals surface area contributed by atoms with E-state index in [2.05, 4.69) is 105 Å². The average Bonchev–Trinajstić information content (AvgIpc) is 1.58. The van der Waals surface area contributed by atoms with E-state index in [1.54, 1.807) is 27.7 Å². The van der Waals surface area contributed by atoms with Gasteiger partial charge in [-0.3, -0.25) is 81.7 Å². The number of likely N-dealkylation sites (tertiary alicyclic amines) is 1. The summed E-state index contributed by atoms with van der Waals surface area (Å²) in [5.41, 5.74) is 52.5. The molecular weight excluding hydrogens is 1740 g/mol. The zero-order chi connectivity index (χ0) is 98.0. The van der Waals surface area contributed by atoms with Gasteiger partial charge >= 0.3 is 5.97 Å². The van der Waals surface area contributed by atoms with Crippen LogP contribution in [0.15, 0.2) is 29.3 Å². The van der Waals surface area contributed by atoms with Gasteiger partial charge in [0.1, 0.15) is 96.4 Å². The normalized spacial score (nSPS) is 17.9. The maximum absolute atomic E-state index is 14.7. The van der Waals surface area contributed by atoms with E-state index < -0.39 is 246 Å². The average molecular weight is 1880 g/mol. The fraction of sp³-hybridized carbons (Fsp3) is 0.704. The van der Waals surface area contributed by atoms with Crippen LogP contribution in [0.1, 0.15) is 170 Å². The van der Waals surface area contributed by atoms with Crippen molar-refractivity contribution < 1.29 is 107 Å². The number of phenols is 1. The third kappa shape index (κ3) is 38.6. The number of unbranched alkanes of at least 4 members (excludes halogenated alkanes) is 1. The molecule has 1 aromatic carbocycles. The number of nitrogens with zero attached hydrogens (tertiary/aromatic N) is 2. The second kappa shape index (κ2) is 57.7. The minimum absolute atomic E-state index is 0.0681. The number of hydrogen-bond acceptors (Lipinski definition) is 30. The number of aliphatic carboxylic acids is 1. The Balaban J connectivity index is 1.90. The van der Waals surface area contributed by atoms with Gasteiger partial charge < -0.3 is 156 Å². The number of aliphatic hydroxyl groups excluding tert-OH is 3. The molecule has 49 heteroatoms. The van der Waals surface area contributed by atoms with E-state index in [-0.39, 0.29) is 133 Å². The van der Waals surface area contributed by atoms with E-state index in [1.165, 1.54) is 38.1 Å². The largest absolute Gasteiger partial charge is 0.508 e. The number of carboxylic acid groups (broad SMARTS) is 1. The monoisotopic (exact) mass is 1880 g/mol. The molecule has 2 aliphatic rings. The molecule has 734 valence electrons. The summed E-state index contributed by atoms with van der Waals surface area (Å²) in [4.78, 5) is 243. The lowest BCUT2D eigenvalue weighted by atomic mass is 9.85. The molecule has 0 unspecified atom stereocenters. The van der Waals surface area contributed by atoms with Gasteiger partial charge in [-0.25, -0.2) is 4.79 Å². The lowest BCUT2D eigenvalue weighted by Gasteiger charge is -2.34. The van der Waals surface area contributed by atoms with Gasteiger partial charge in [-0.1, -0.05) is 78.4 Å². The first-order valence-corrected chi connectivity index (χ1v) is 44.8. The number of aliphatic imine (C=N–C) groups is 1. The predicted octanol–water partition coefficient (Wildman–Crippen LogP) is -9.77. The third-order valence-electron chi connectivity index (χ3n) is 22.1. The number of β-amino-alcohol motifs (C(OH)–C–C–N with tert-alkyl or cyclic N) is 1. The number of carbonyl (C=O) groups is 17. The number of rotatable bonds is 59. The van der Waals surface area contributed by atoms with E-state index in [0.717, 1.165) is 43.9 Å². The van der Waals surface area contributed by atoms with Crippen LogP contribution < -0.4 is 126 Å². The summed E-state index contributed by atoms with van der Waals surface area (Å²) in [5, 5.41) is 87.1.